The fourth-order valence-electron chi connectivity index (χ4n) is 3.78. The Morgan fingerprint density at radius 3 is 2.41 bits per heavy atom. The number of carbonyl (C=O) groups excluding carboxylic acids is 2. The first-order chi connectivity index (χ1) is 16.4. The molecule has 0 radical (unpaired) electrons. The molecule has 0 aromatic heterocycles. The number of aryl methyl sites for hydroxylation is 1. The molecule has 0 saturated carbocycles. The minimum atomic E-state index is -0.696. The van der Waals surface area contributed by atoms with Crippen molar-refractivity contribution >= 4 is 17.7 Å². The highest BCUT2D eigenvalue weighted by atomic mass is 16.5. The van der Waals surface area contributed by atoms with Crippen molar-refractivity contribution in [2.75, 3.05) is 0 Å². The maximum absolute atomic E-state index is 13.2. The summed E-state index contributed by atoms with van der Waals surface area (Å²) in [5.41, 5.74) is 4.47. The molecular formula is C28H28N2O4. The van der Waals surface area contributed by atoms with Gasteiger partial charge in [0, 0.05) is 0 Å². The Morgan fingerprint density at radius 1 is 0.971 bits per heavy atom. The number of esters is 1. The molecular weight excluding hydrogens is 428 g/mol. The molecule has 0 bridgehead atoms. The van der Waals surface area contributed by atoms with Gasteiger partial charge in [-0.25, -0.2) is 9.59 Å². The van der Waals surface area contributed by atoms with Gasteiger partial charge in [0.25, 0.3) is 0 Å². The second-order valence-electron chi connectivity index (χ2n) is 8.49. The van der Waals surface area contributed by atoms with E-state index in [-0.39, 0.29) is 6.10 Å². The maximum atomic E-state index is 13.2. The molecule has 6 nitrogen and oxygen atoms in total. The van der Waals surface area contributed by atoms with Crippen molar-refractivity contribution in [1.29, 1.82) is 0 Å². The van der Waals surface area contributed by atoms with Gasteiger partial charge in [-0.15, -0.1) is 0 Å². The van der Waals surface area contributed by atoms with E-state index in [4.69, 9.17) is 9.47 Å². The van der Waals surface area contributed by atoms with Crippen LogP contribution >= 0.6 is 0 Å². The van der Waals surface area contributed by atoms with Gasteiger partial charge in [-0.1, -0.05) is 72.3 Å². The zero-order chi connectivity index (χ0) is 24.1. The molecule has 3 aromatic carbocycles. The van der Waals surface area contributed by atoms with Crippen LogP contribution in [0.2, 0.25) is 0 Å². The molecule has 1 aliphatic heterocycles. The topological polar surface area (TPSA) is 76.7 Å². The van der Waals surface area contributed by atoms with E-state index in [1.165, 1.54) is 5.56 Å². The molecule has 3 aromatic rings. The lowest BCUT2D eigenvalue weighted by Crippen LogP contribution is -2.45. The third-order valence-electron chi connectivity index (χ3n) is 5.41. The largest absolute Gasteiger partial charge is 0.489 e. The smallest absolute Gasteiger partial charge is 0.338 e. The molecule has 6 heteroatoms. The quantitative estimate of drug-likeness (QED) is 0.474. The number of hydrogen-bond donors (Lipinski definition) is 2. The van der Waals surface area contributed by atoms with Gasteiger partial charge < -0.3 is 20.1 Å². The minimum absolute atomic E-state index is 0.306. The van der Waals surface area contributed by atoms with Crippen molar-refractivity contribution < 1.29 is 19.1 Å². The maximum Gasteiger partial charge on any atom is 0.338 e. The molecule has 1 atom stereocenters. The third-order valence-corrected chi connectivity index (χ3v) is 5.41. The molecule has 34 heavy (non-hydrogen) atoms. The summed E-state index contributed by atoms with van der Waals surface area (Å²) in [6.07, 6.45) is -0.306. The predicted octanol–water partition coefficient (Wildman–Crippen LogP) is 5.29. The SMILES string of the molecule is Cc1ccc(COc2cccc(C3NC(=O)NC(c4ccccc4)=C3C(=O)OC(C)C)c2)cc1. The van der Waals surface area contributed by atoms with Crippen LogP contribution in [0.15, 0.2) is 84.4 Å². The van der Waals surface area contributed by atoms with Crippen LogP contribution in [0.3, 0.4) is 0 Å². The number of benzene rings is 3. The molecule has 0 spiro atoms. The van der Waals surface area contributed by atoms with E-state index in [9.17, 15) is 9.59 Å². The van der Waals surface area contributed by atoms with Gasteiger partial charge in [-0.3, -0.25) is 0 Å². The average molecular weight is 457 g/mol. The second-order valence-corrected chi connectivity index (χ2v) is 8.49. The molecule has 4 rings (SSSR count). The Hall–Kier alpha value is -4.06. The fraction of sp³-hybridized carbons (Fsp3) is 0.214. The summed E-state index contributed by atoms with van der Waals surface area (Å²) in [4.78, 5) is 25.8. The van der Waals surface area contributed by atoms with Crippen molar-refractivity contribution in [3.63, 3.8) is 0 Å². The zero-order valence-electron chi connectivity index (χ0n) is 19.5. The molecule has 0 fully saturated rings. The van der Waals surface area contributed by atoms with Crippen LogP contribution in [0.25, 0.3) is 5.70 Å². The minimum Gasteiger partial charge on any atom is -0.489 e. The normalized spacial score (nSPS) is 15.5. The van der Waals surface area contributed by atoms with Crippen LogP contribution in [0.4, 0.5) is 4.79 Å². The molecule has 0 saturated heterocycles. The van der Waals surface area contributed by atoms with Crippen LogP contribution in [-0.4, -0.2) is 18.1 Å². The molecule has 2 N–H and O–H groups in total. The Labute approximate surface area is 199 Å². The first kappa shape index (κ1) is 23.1. The number of ether oxygens (including phenoxy) is 2. The van der Waals surface area contributed by atoms with Gasteiger partial charge in [-0.05, 0) is 49.6 Å². The Kier molecular flexibility index (Phi) is 6.97. The van der Waals surface area contributed by atoms with Gasteiger partial charge in [0.2, 0.25) is 0 Å². The first-order valence-corrected chi connectivity index (χ1v) is 11.3. The van der Waals surface area contributed by atoms with Gasteiger partial charge in [0.05, 0.1) is 23.4 Å². The molecule has 174 valence electrons. The standard InChI is InChI=1S/C28H28N2O4/c1-18(2)34-27(31)24-25(21-8-5-4-6-9-21)29-28(32)30-26(24)22-10-7-11-23(16-22)33-17-20-14-12-19(3)13-15-20/h4-16,18,26H,17H2,1-3H3,(H2,29,30,32). The summed E-state index contributed by atoms with van der Waals surface area (Å²) >= 11 is 0. The summed E-state index contributed by atoms with van der Waals surface area (Å²) < 4.78 is 11.6. The van der Waals surface area contributed by atoms with Gasteiger partial charge >= 0.3 is 12.0 Å². The van der Waals surface area contributed by atoms with E-state index >= 15 is 0 Å². The van der Waals surface area contributed by atoms with E-state index in [0.29, 0.717) is 23.6 Å². The van der Waals surface area contributed by atoms with Crippen LogP contribution in [0, 0.1) is 6.92 Å². The van der Waals surface area contributed by atoms with Gasteiger partial charge in [0.1, 0.15) is 12.4 Å². The lowest BCUT2D eigenvalue weighted by atomic mass is 9.92. The molecule has 1 aliphatic rings. The van der Waals surface area contributed by atoms with E-state index in [2.05, 4.69) is 10.6 Å². The van der Waals surface area contributed by atoms with Crippen LogP contribution in [-0.2, 0) is 16.1 Å². The number of hydrogen-bond acceptors (Lipinski definition) is 4. The lowest BCUT2D eigenvalue weighted by molar-refractivity contribution is -0.143. The van der Waals surface area contributed by atoms with E-state index < -0.39 is 18.0 Å². The van der Waals surface area contributed by atoms with E-state index in [0.717, 1.165) is 16.7 Å². The number of rotatable bonds is 7. The number of amides is 2. The van der Waals surface area contributed by atoms with Gasteiger partial charge in [-0.2, -0.15) is 0 Å². The Morgan fingerprint density at radius 2 is 1.71 bits per heavy atom. The fourth-order valence-corrected chi connectivity index (χ4v) is 3.78. The van der Waals surface area contributed by atoms with E-state index in [1.807, 2.05) is 85.8 Å². The molecule has 0 aliphatic carbocycles. The van der Waals surface area contributed by atoms with Crippen molar-refractivity contribution in [1.82, 2.24) is 10.6 Å². The molecule has 1 heterocycles. The first-order valence-electron chi connectivity index (χ1n) is 11.3. The van der Waals surface area contributed by atoms with Crippen molar-refractivity contribution in [2.45, 2.75) is 39.5 Å². The molecule has 1 unspecified atom stereocenters. The van der Waals surface area contributed by atoms with Crippen molar-refractivity contribution in [2.24, 2.45) is 0 Å². The highest BCUT2D eigenvalue weighted by molar-refractivity contribution is 6.04. The van der Waals surface area contributed by atoms with Crippen LogP contribution in [0.1, 0.15) is 42.1 Å². The second kappa shape index (κ2) is 10.3. The number of carbonyl (C=O) groups is 2. The Balaban J connectivity index is 1.69. The third kappa shape index (κ3) is 5.46. The van der Waals surface area contributed by atoms with Crippen molar-refractivity contribution in [3.8, 4) is 5.75 Å². The molecule has 2 amide bonds. The Bertz CT molecular complexity index is 1200. The van der Waals surface area contributed by atoms with Crippen molar-refractivity contribution in [3.05, 3.63) is 107 Å². The predicted molar refractivity (Wildman–Crippen MR) is 131 cm³/mol. The van der Waals surface area contributed by atoms with Crippen LogP contribution < -0.4 is 15.4 Å². The summed E-state index contributed by atoms with van der Waals surface area (Å²) in [7, 11) is 0. The lowest BCUT2D eigenvalue weighted by Gasteiger charge is -2.30. The number of nitrogens with one attached hydrogen (secondary N) is 2. The number of urea groups is 1. The van der Waals surface area contributed by atoms with E-state index in [1.54, 1.807) is 13.8 Å². The summed E-state index contributed by atoms with van der Waals surface area (Å²) in [6.45, 7) is 6.05. The highest BCUT2D eigenvalue weighted by Crippen LogP contribution is 2.33. The highest BCUT2D eigenvalue weighted by Gasteiger charge is 2.35. The summed E-state index contributed by atoms with van der Waals surface area (Å²) in [5, 5.41) is 5.68. The van der Waals surface area contributed by atoms with Crippen LogP contribution in [0.5, 0.6) is 5.75 Å². The zero-order valence-corrected chi connectivity index (χ0v) is 19.5. The monoisotopic (exact) mass is 456 g/mol. The van der Waals surface area contributed by atoms with Gasteiger partial charge in [0.15, 0.2) is 0 Å². The summed E-state index contributed by atoms with van der Waals surface area (Å²) in [5.74, 6) is 0.154. The average Bonchev–Trinajstić information content (AvgIpc) is 2.83. The summed E-state index contributed by atoms with van der Waals surface area (Å²) in [6, 6.07) is 23.8.